The van der Waals surface area contributed by atoms with E-state index in [-0.39, 0.29) is 6.04 Å². The van der Waals surface area contributed by atoms with Crippen LogP contribution in [0.25, 0.3) is 0 Å². The van der Waals surface area contributed by atoms with Crippen LogP contribution in [0.3, 0.4) is 0 Å². The standard InChI is InChI=1S/C12H16N4O/c1-8-4-6-10(7-5-8)14-12-16-15-11(17-12)9(2)13-3/h4-7,9,13H,1-3H3,(H,14,16). The summed E-state index contributed by atoms with van der Waals surface area (Å²) in [4.78, 5) is 0. The van der Waals surface area contributed by atoms with Gasteiger partial charge in [0, 0.05) is 5.69 Å². The Morgan fingerprint density at radius 2 is 1.88 bits per heavy atom. The van der Waals surface area contributed by atoms with Crippen LogP contribution >= 0.6 is 0 Å². The summed E-state index contributed by atoms with van der Waals surface area (Å²) in [6, 6.07) is 8.45. The fourth-order valence-electron chi connectivity index (χ4n) is 1.34. The van der Waals surface area contributed by atoms with Crippen molar-refractivity contribution in [3.63, 3.8) is 0 Å². The van der Waals surface area contributed by atoms with Gasteiger partial charge in [-0.25, -0.2) is 0 Å². The third-order valence-electron chi connectivity index (χ3n) is 2.55. The number of nitrogens with one attached hydrogen (secondary N) is 2. The van der Waals surface area contributed by atoms with E-state index in [9.17, 15) is 0 Å². The molecule has 1 atom stereocenters. The summed E-state index contributed by atoms with van der Waals surface area (Å²) in [6.45, 7) is 4.01. The molecule has 0 saturated carbocycles. The van der Waals surface area contributed by atoms with Crippen LogP contribution in [0, 0.1) is 6.92 Å². The van der Waals surface area contributed by atoms with Gasteiger partial charge >= 0.3 is 6.01 Å². The van der Waals surface area contributed by atoms with Gasteiger partial charge in [0.15, 0.2) is 0 Å². The summed E-state index contributed by atoms with van der Waals surface area (Å²) in [5, 5.41) is 14.0. The molecule has 1 aromatic carbocycles. The Morgan fingerprint density at radius 1 is 1.18 bits per heavy atom. The van der Waals surface area contributed by atoms with Gasteiger partial charge in [-0.15, -0.1) is 5.10 Å². The second kappa shape index (κ2) is 4.97. The van der Waals surface area contributed by atoms with E-state index in [4.69, 9.17) is 4.42 Å². The minimum Gasteiger partial charge on any atom is -0.406 e. The van der Waals surface area contributed by atoms with Crippen molar-refractivity contribution in [1.82, 2.24) is 15.5 Å². The van der Waals surface area contributed by atoms with Crippen molar-refractivity contribution in [2.24, 2.45) is 0 Å². The van der Waals surface area contributed by atoms with E-state index in [1.54, 1.807) is 0 Å². The molecule has 17 heavy (non-hydrogen) atoms. The summed E-state index contributed by atoms with van der Waals surface area (Å²) in [5.41, 5.74) is 2.15. The fourth-order valence-corrected chi connectivity index (χ4v) is 1.34. The number of anilines is 2. The Morgan fingerprint density at radius 3 is 2.53 bits per heavy atom. The number of nitrogens with zero attached hydrogens (tertiary/aromatic N) is 2. The van der Waals surface area contributed by atoms with Gasteiger partial charge in [0.1, 0.15) is 0 Å². The van der Waals surface area contributed by atoms with Crippen molar-refractivity contribution in [3.8, 4) is 0 Å². The van der Waals surface area contributed by atoms with E-state index in [0.717, 1.165) is 5.69 Å². The number of benzene rings is 1. The van der Waals surface area contributed by atoms with Gasteiger partial charge in [0.05, 0.1) is 6.04 Å². The number of rotatable bonds is 4. The molecule has 1 heterocycles. The van der Waals surface area contributed by atoms with E-state index >= 15 is 0 Å². The van der Waals surface area contributed by atoms with E-state index < -0.39 is 0 Å². The Bertz CT molecular complexity index is 478. The van der Waals surface area contributed by atoms with E-state index in [1.807, 2.05) is 45.2 Å². The van der Waals surface area contributed by atoms with Gasteiger partial charge in [-0.1, -0.05) is 22.8 Å². The average molecular weight is 232 g/mol. The lowest BCUT2D eigenvalue weighted by Crippen LogP contribution is -2.12. The molecule has 2 rings (SSSR count). The van der Waals surface area contributed by atoms with Crippen LogP contribution in [-0.2, 0) is 0 Å². The molecule has 1 aromatic heterocycles. The summed E-state index contributed by atoms with van der Waals surface area (Å²) in [7, 11) is 1.85. The van der Waals surface area contributed by atoms with Crippen molar-refractivity contribution in [3.05, 3.63) is 35.7 Å². The second-order valence-corrected chi connectivity index (χ2v) is 3.95. The molecule has 1 unspecified atom stereocenters. The highest BCUT2D eigenvalue weighted by molar-refractivity contribution is 5.52. The first-order valence-corrected chi connectivity index (χ1v) is 5.53. The van der Waals surface area contributed by atoms with Crippen molar-refractivity contribution < 1.29 is 4.42 Å². The van der Waals surface area contributed by atoms with Crippen molar-refractivity contribution >= 4 is 11.7 Å². The molecule has 0 spiro atoms. The zero-order chi connectivity index (χ0) is 12.3. The highest BCUT2D eigenvalue weighted by atomic mass is 16.4. The molecule has 0 aliphatic rings. The summed E-state index contributed by atoms with van der Waals surface area (Å²) < 4.78 is 5.47. The Kier molecular flexibility index (Phi) is 3.39. The van der Waals surface area contributed by atoms with Crippen LogP contribution in [0.1, 0.15) is 24.4 Å². The minimum atomic E-state index is 0.0519. The molecule has 0 radical (unpaired) electrons. The molecule has 0 amide bonds. The number of aryl methyl sites for hydroxylation is 1. The molecule has 0 aliphatic carbocycles. The van der Waals surface area contributed by atoms with Crippen LogP contribution in [0.2, 0.25) is 0 Å². The third kappa shape index (κ3) is 2.82. The van der Waals surface area contributed by atoms with Gasteiger partial charge in [-0.2, -0.15) is 0 Å². The first kappa shape index (κ1) is 11.6. The second-order valence-electron chi connectivity index (χ2n) is 3.95. The maximum Gasteiger partial charge on any atom is 0.320 e. The van der Waals surface area contributed by atoms with Crippen molar-refractivity contribution in [2.45, 2.75) is 19.9 Å². The molecule has 5 nitrogen and oxygen atoms in total. The lowest BCUT2D eigenvalue weighted by Gasteiger charge is -2.03. The number of hydrogen-bond acceptors (Lipinski definition) is 5. The molecule has 0 fully saturated rings. The van der Waals surface area contributed by atoms with Crippen molar-refractivity contribution in [2.75, 3.05) is 12.4 Å². The summed E-state index contributed by atoms with van der Waals surface area (Å²) in [6.07, 6.45) is 0. The molecule has 0 aliphatic heterocycles. The van der Waals surface area contributed by atoms with Crippen molar-refractivity contribution in [1.29, 1.82) is 0 Å². The SMILES string of the molecule is CNC(C)c1nnc(Nc2ccc(C)cc2)o1. The van der Waals surface area contributed by atoms with Gasteiger partial charge < -0.3 is 15.1 Å². The minimum absolute atomic E-state index is 0.0519. The van der Waals surface area contributed by atoms with Crippen LogP contribution in [-0.4, -0.2) is 17.2 Å². The van der Waals surface area contributed by atoms with Crippen LogP contribution < -0.4 is 10.6 Å². The van der Waals surface area contributed by atoms with Crippen LogP contribution in [0.4, 0.5) is 11.7 Å². The molecule has 5 heteroatoms. The molecule has 2 N–H and O–H groups in total. The van der Waals surface area contributed by atoms with E-state index in [1.165, 1.54) is 5.56 Å². The van der Waals surface area contributed by atoms with E-state index in [2.05, 4.69) is 20.8 Å². The molecule has 0 saturated heterocycles. The smallest absolute Gasteiger partial charge is 0.320 e. The zero-order valence-electron chi connectivity index (χ0n) is 10.2. The first-order chi connectivity index (χ1) is 8.19. The number of aromatic nitrogens is 2. The monoisotopic (exact) mass is 232 g/mol. The molecule has 2 aromatic rings. The van der Waals surface area contributed by atoms with Gasteiger partial charge in [0.25, 0.3) is 0 Å². The molecule has 0 bridgehead atoms. The van der Waals surface area contributed by atoms with Gasteiger partial charge in [-0.3, -0.25) is 0 Å². The quantitative estimate of drug-likeness (QED) is 0.847. The lowest BCUT2D eigenvalue weighted by molar-refractivity contribution is 0.443. The van der Waals surface area contributed by atoms with Crippen LogP contribution in [0.5, 0.6) is 0 Å². The summed E-state index contributed by atoms with van der Waals surface area (Å²) in [5.74, 6) is 0.571. The van der Waals surface area contributed by atoms with Crippen LogP contribution in [0.15, 0.2) is 28.7 Å². The van der Waals surface area contributed by atoms with Gasteiger partial charge in [0.2, 0.25) is 5.89 Å². The number of hydrogen-bond donors (Lipinski definition) is 2. The Hall–Kier alpha value is -1.88. The first-order valence-electron chi connectivity index (χ1n) is 5.53. The Balaban J connectivity index is 2.08. The third-order valence-corrected chi connectivity index (χ3v) is 2.55. The molecular weight excluding hydrogens is 216 g/mol. The highest BCUT2D eigenvalue weighted by Gasteiger charge is 2.11. The largest absolute Gasteiger partial charge is 0.406 e. The lowest BCUT2D eigenvalue weighted by atomic mass is 10.2. The highest BCUT2D eigenvalue weighted by Crippen LogP contribution is 2.18. The predicted octanol–water partition coefficient (Wildman–Crippen LogP) is 2.40. The maximum atomic E-state index is 5.47. The topological polar surface area (TPSA) is 63.0 Å². The Labute approximate surface area is 100 Å². The summed E-state index contributed by atoms with van der Waals surface area (Å²) >= 11 is 0. The maximum absolute atomic E-state index is 5.47. The molecular formula is C12H16N4O. The predicted molar refractivity (Wildman–Crippen MR) is 66.2 cm³/mol. The van der Waals surface area contributed by atoms with Gasteiger partial charge in [-0.05, 0) is 33.0 Å². The zero-order valence-corrected chi connectivity index (χ0v) is 10.2. The normalized spacial score (nSPS) is 12.4. The average Bonchev–Trinajstić information content (AvgIpc) is 2.80. The van der Waals surface area contributed by atoms with E-state index in [0.29, 0.717) is 11.9 Å². The molecule has 90 valence electrons. The fraction of sp³-hybridized carbons (Fsp3) is 0.333.